The molecule has 0 bridgehead atoms. The maximum absolute atomic E-state index is 12.1. The van der Waals surface area contributed by atoms with Crippen LogP contribution in [-0.2, 0) is 4.79 Å². The second-order valence-corrected chi connectivity index (χ2v) is 5.06. The monoisotopic (exact) mass is 288 g/mol. The summed E-state index contributed by atoms with van der Waals surface area (Å²) >= 11 is 0. The average molecular weight is 288 g/mol. The van der Waals surface area contributed by atoms with Gasteiger partial charge in [0.05, 0.1) is 12.6 Å². The first-order chi connectivity index (χ1) is 10.2. The molecule has 0 aliphatic carbocycles. The highest BCUT2D eigenvalue weighted by molar-refractivity contribution is 5.76. The van der Waals surface area contributed by atoms with Gasteiger partial charge in [-0.15, -0.1) is 0 Å². The molecule has 1 fully saturated rings. The number of hydrogen-bond acceptors (Lipinski definition) is 6. The van der Waals surface area contributed by atoms with Crippen molar-refractivity contribution < 1.29 is 4.79 Å². The highest BCUT2D eigenvalue weighted by Crippen LogP contribution is 2.10. The summed E-state index contributed by atoms with van der Waals surface area (Å²) in [6.07, 6.45) is 3.91. The molecular formula is C14H20N6O. The van der Waals surface area contributed by atoms with Gasteiger partial charge < -0.3 is 9.80 Å². The van der Waals surface area contributed by atoms with Crippen molar-refractivity contribution in [2.24, 2.45) is 0 Å². The lowest BCUT2D eigenvalue weighted by Crippen LogP contribution is -2.49. The Labute approximate surface area is 124 Å². The van der Waals surface area contributed by atoms with Crippen molar-refractivity contribution in [3.05, 3.63) is 18.5 Å². The average Bonchev–Trinajstić information content (AvgIpc) is 2.54. The van der Waals surface area contributed by atoms with Gasteiger partial charge >= 0.3 is 0 Å². The molecule has 1 aliphatic heterocycles. The van der Waals surface area contributed by atoms with Crippen LogP contribution in [0.3, 0.4) is 0 Å². The van der Waals surface area contributed by atoms with E-state index in [1.807, 2.05) is 16.8 Å². The van der Waals surface area contributed by atoms with Gasteiger partial charge in [-0.3, -0.25) is 9.69 Å². The Hall–Kier alpha value is -2.20. The minimum atomic E-state index is 0.147. The van der Waals surface area contributed by atoms with Crippen LogP contribution in [-0.4, -0.2) is 72.0 Å². The van der Waals surface area contributed by atoms with E-state index in [1.54, 1.807) is 18.5 Å². The SMILES string of the molecule is CN(CC#N)CCC(=O)N1CCN(c2ncccn2)CC1. The number of piperazine rings is 1. The predicted molar refractivity (Wildman–Crippen MR) is 78.6 cm³/mol. The molecule has 112 valence electrons. The number of aromatic nitrogens is 2. The van der Waals surface area contributed by atoms with E-state index in [1.165, 1.54) is 0 Å². The maximum atomic E-state index is 12.1. The van der Waals surface area contributed by atoms with Gasteiger partial charge in [0.25, 0.3) is 0 Å². The second kappa shape index (κ2) is 7.55. The van der Waals surface area contributed by atoms with Crippen LogP contribution in [0.4, 0.5) is 5.95 Å². The summed E-state index contributed by atoms with van der Waals surface area (Å²) in [7, 11) is 1.85. The number of hydrogen-bond donors (Lipinski definition) is 0. The lowest BCUT2D eigenvalue weighted by Gasteiger charge is -2.34. The molecule has 21 heavy (non-hydrogen) atoms. The van der Waals surface area contributed by atoms with Crippen LogP contribution in [0.25, 0.3) is 0 Å². The molecule has 0 saturated carbocycles. The third-order valence-electron chi connectivity index (χ3n) is 3.52. The van der Waals surface area contributed by atoms with Crippen LogP contribution < -0.4 is 4.90 Å². The summed E-state index contributed by atoms with van der Waals surface area (Å²) in [5.74, 6) is 0.867. The molecule has 1 amide bonds. The lowest BCUT2D eigenvalue weighted by atomic mass is 10.2. The minimum absolute atomic E-state index is 0.147. The topological polar surface area (TPSA) is 76.4 Å². The molecular weight excluding hydrogens is 268 g/mol. The fourth-order valence-corrected chi connectivity index (χ4v) is 2.25. The van der Waals surface area contributed by atoms with E-state index in [0.29, 0.717) is 32.6 Å². The minimum Gasteiger partial charge on any atom is -0.339 e. The van der Waals surface area contributed by atoms with E-state index < -0.39 is 0 Å². The Morgan fingerprint density at radius 1 is 1.33 bits per heavy atom. The molecule has 1 aromatic rings. The van der Waals surface area contributed by atoms with Gasteiger partial charge in [0.2, 0.25) is 11.9 Å². The quantitative estimate of drug-likeness (QED) is 0.708. The van der Waals surface area contributed by atoms with E-state index >= 15 is 0 Å². The van der Waals surface area contributed by atoms with Gasteiger partial charge in [-0.2, -0.15) is 5.26 Å². The third kappa shape index (κ3) is 4.39. The Morgan fingerprint density at radius 2 is 2.00 bits per heavy atom. The van der Waals surface area contributed by atoms with Crippen molar-refractivity contribution >= 4 is 11.9 Å². The molecule has 0 spiro atoms. The van der Waals surface area contributed by atoms with Crippen LogP contribution in [0.2, 0.25) is 0 Å². The first kappa shape index (κ1) is 15.2. The van der Waals surface area contributed by atoms with Crippen molar-refractivity contribution in [2.45, 2.75) is 6.42 Å². The molecule has 1 aromatic heterocycles. The number of carbonyl (C=O) groups is 1. The summed E-state index contributed by atoms with van der Waals surface area (Å²) in [5.41, 5.74) is 0. The molecule has 0 aromatic carbocycles. The molecule has 2 heterocycles. The number of rotatable bonds is 5. The van der Waals surface area contributed by atoms with Crippen LogP contribution in [0, 0.1) is 11.3 Å². The summed E-state index contributed by atoms with van der Waals surface area (Å²) < 4.78 is 0. The first-order valence-corrected chi connectivity index (χ1v) is 7.06. The molecule has 1 saturated heterocycles. The Morgan fingerprint density at radius 3 is 2.62 bits per heavy atom. The molecule has 7 nitrogen and oxygen atoms in total. The summed E-state index contributed by atoms with van der Waals surface area (Å²) in [6.45, 7) is 3.87. The van der Waals surface area contributed by atoms with Crippen molar-refractivity contribution in [3.63, 3.8) is 0 Å². The Kier molecular flexibility index (Phi) is 5.46. The standard InChI is InChI=1S/C14H20N6O/c1-18(8-4-15)7-3-13(21)19-9-11-20(12-10-19)14-16-5-2-6-17-14/h2,5-6H,3,7-12H2,1H3. The lowest BCUT2D eigenvalue weighted by molar-refractivity contribution is -0.131. The number of nitrogens with zero attached hydrogens (tertiary/aromatic N) is 6. The molecule has 0 unspecified atom stereocenters. The van der Waals surface area contributed by atoms with E-state index in [-0.39, 0.29) is 5.91 Å². The highest BCUT2D eigenvalue weighted by atomic mass is 16.2. The zero-order valence-electron chi connectivity index (χ0n) is 12.3. The van der Waals surface area contributed by atoms with Crippen molar-refractivity contribution in [2.75, 3.05) is 51.2 Å². The van der Waals surface area contributed by atoms with Gasteiger partial charge in [0, 0.05) is 51.5 Å². The van der Waals surface area contributed by atoms with Crippen LogP contribution in [0.15, 0.2) is 18.5 Å². The second-order valence-electron chi connectivity index (χ2n) is 5.06. The number of nitriles is 1. The van der Waals surface area contributed by atoms with Gasteiger partial charge in [-0.05, 0) is 13.1 Å². The third-order valence-corrected chi connectivity index (χ3v) is 3.52. The Balaban J connectivity index is 1.76. The predicted octanol–water partition coefficient (Wildman–Crippen LogP) is -0.0293. The molecule has 0 N–H and O–H groups in total. The van der Waals surface area contributed by atoms with Crippen LogP contribution >= 0.6 is 0 Å². The van der Waals surface area contributed by atoms with Gasteiger partial charge in [0.15, 0.2) is 0 Å². The van der Waals surface area contributed by atoms with Gasteiger partial charge in [-0.1, -0.05) is 0 Å². The van der Waals surface area contributed by atoms with Crippen molar-refractivity contribution in [1.29, 1.82) is 5.26 Å². The number of anilines is 1. The van der Waals surface area contributed by atoms with Crippen LogP contribution in [0.1, 0.15) is 6.42 Å². The zero-order chi connectivity index (χ0) is 15.1. The van der Waals surface area contributed by atoms with Crippen molar-refractivity contribution in [3.8, 4) is 6.07 Å². The highest BCUT2D eigenvalue weighted by Gasteiger charge is 2.22. The number of amides is 1. The van der Waals surface area contributed by atoms with Gasteiger partial charge in [-0.25, -0.2) is 9.97 Å². The van der Waals surface area contributed by atoms with Crippen molar-refractivity contribution in [1.82, 2.24) is 19.8 Å². The van der Waals surface area contributed by atoms with E-state index in [9.17, 15) is 4.79 Å². The maximum Gasteiger partial charge on any atom is 0.225 e. The number of carbonyl (C=O) groups excluding carboxylic acids is 1. The zero-order valence-corrected chi connectivity index (χ0v) is 12.3. The smallest absolute Gasteiger partial charge is 0.225 e. The van der Waals surface area contributed by atoms with Gasteiger partial charge in [0.1, 0.15) is 0 Å². The summed E-state index contributed by atoms with van der Waals surface area (Å²) in [5, 5.41) is 8.58. The molecule has 0 radical (unpaired) electrons. The summed E-state index contributed by atoms with van der Waals surface area (Å²) in [4.78, 5) is 26.4. The fraction of sp³-hybridized carbons (Fsp3) is 0.571. The largest absolute Gasteiger partial charge is 0.339 e. The summed E-state index contributed by atoms with van der Waals surface area (Å²) in [6, 6.07) is 3.87. The van der Waals surface area contributed by atoms with E-state index in [4.69, 9.17) is 5.26 Å². The first-order valence-electron chi connectivity index (χ1n) is 7.06. The molecule has 0 atom stereocenters. The van der Waals surface area contributed by atoms with Crippen LogP contribution in [0.5, 0.6) is 0 Å². The molecule has 7 heteroatoms. The Bertz CT molecular complexity index is 492. The van der Waals surface area contributed by atoms with E-state index in [0.717, 1.165) is 19.0 Å². The molecule has 1 aliphatic rings. The molecule has 2 rings (SSSR count). The normalized spacial score (nSPS) is 15.1. The van der Waals surface area contributed by atoms with E-state index in [2.05, 4.69) is 20.9 Å². The fourth-order valence-electron chi connectivity index (χ4n) is 2.25.